The summed E-state index contributed by atoms with van der Waals surface area (Å²) in [4.78, 5) is 6.40. The van der Waals surface area contributed by atoms with Crippen LogP contribution in [0.4, 0.5) is 0 Å². The van der Waals surface area contributed by atoms with E-state index >= 15 is 0 Å². The van der Waals surface area contributed by atoms with Gasteiger partial charge in [0, 0.05) is 4.88 Å². The summed E-state index contributed by atoms with van der Waals surface area (Å²) in [5, 5.41) is 4.78. The molecule has 1 aromatic heterocycles. The summed E-state index contributed by atoms with van der Waals surface area (Å²) in [6, 6.07) is 0. The smallest absolute Gasteiger partial charge is 0.113 e. The van der Waals surface area contributed by atoms with Crippen LogP contribution in [-0.4, -0.2) is 12.0 Å². The minimum absolute atomic E-state index is 0.0687. The van der Waals surface area contributed by atoms with E-state index in [0.29, 0.717) is 0 Å². The summed E-state index contributed by atoms with van der Waals surface area (Å²) in [5.41, 5.74) is 1.44. The van der Waals surface area contributed by atoms with Gasteiger partial charge < -0.3 is 5.32 Å². The highest BCUT2D eigenvalue weighted by Gasteiger charge is 2.30. The van der Waals surface area contributed by atoms with Gasteiger partial charge in [-0.25, -0.2) is 4.98 Å². The van der Waals surface area contributed by atoms with E-state index in [2.05, 4.69) is 33.1 Å². The first-order valence-electron chi connectivity index (χ1n) is 6.73. The molecule has 2 rings (SSSR count). The maximum absolute atomic E-state index is 4.87. The summed E-state index contributed by atoms with van der Waals surface area (Å²) < 4.78 is 0. The molecule has 0 aromatic carbocycles. The van der Waals surface area contributed by atoms with Gasteiger partial charge in [-0.1, -0.05) is 13.8 Å². The van der Waals surface area contributed by atoms with Crippen LogP contribution < -0.4 is 5.32 Å². The first kappa shape index (κ1) is 13.0. The molecule has 0 saturated carbocycles. The highest BCUT2D eigenvalue weighted by atomic mass is 32.1. The Bertz CT molecular complexity index is 362. The van der Waals surface area contributed by atoms with Crippen LogP contribution in [0.1, 0.15) is 55.6 Å². The molecule has 0 radical (unpaired) electrons. The molecule has 3 heteroatoms. The van der Waals surface area contributed by atoms with Gasteiger partial charge in [-0.3, -0.25) is 0 Å². The lowest BCUT2D eigenvalue weighted by molar-refractivity contribution is 0.333. The van der Waals surface area contributed by atoms with Crippen molar-refractivity contribution in [3.05, 3.63) is 15.6 Å². The van der Waals surface area contributed by atoms with E-state index in [4.69, 9.17) is 4.98 Å². The maximum Gasteiger partial charge on any atom is 0.113 e. The van der Waals surface area contributed by atoms with Crippen molar-refractivity contribution in [2.45, 2.75) is 58.4 Å². The van der Waals surface area contributed by atoms with Crippen molar-refractivity contribution in [1.29, 1.82) is 0 Å². The molecule has 0 spiro atoms. The van der Waals surface area contributed by atoms with E-state index < -0.39 is 0 Å². The van der Waals surface area contributed by atoms with Gasteiger partial charge in [0.15, 0.2) is 0 Å². The molecule has 0 aliphatic heterocycles. The van der Waals surface area contributed by atoms with Crippen molar-refractivity contribution < 1.29 is 0 Å². The van der Waals surface area contributed by atoms with Crippen LogP contribution in [0.2, 0.25) is 0 Å². The number of hydrogen-bond donors (Lipinski definition) is 1. The SMILES string of the molecule is CNC(C)(CCC(C)C)c1nc2c(s1)CCC2. The number of thiazole rings is 1. The fourth-order valence-corrected chi connectivity index (χ4v) is 3.67. The number of aromatic nitrogens is 1. The standard InChI is InChI=1S/C14H24N2S/c1-10(2)8-9-14(3,15-4)13-16-11-6-5-7-12(11)17-13/h10,15H,5-9H2,1-4H3. The molecule has 0 bridgehead atoms. The van der Waals surface area contributed by atoms with E-state index in [1.165, 1.54) is 47.7 Å². The molecule has 1 aliphatic carbocycles. The van der Waals surface area contributed by atoms with E-state index in [-0.39, 0.29) is 5.54 Å². The monoisotopic (exact) mass is 252 g/mol. The summed E-state index contributed by atoms with van der Waals surface area (Å²) in [6.07, 6.45) is 6.17. The molecule has 1 unspecified atom stereocenters. The Morgan fingerprint density at radius 3 is 2.76 bits per heavy atom. The molecule has 1 N–H and O–H groups in total. The molecule has 0 amide bonds. The van der Waals surface area contributed by atoms with Gasteiger partial charge in [0.05, 0.1) is 11.2 Å². The molecular formula is C14H24N2S. The molecule has 1 aliphatic rings. The Morgan fingerprint density at radius 1 is 1.41 bits per heavy atom. The number of aryl methyl sites for hydroxylation is 2. The Kier molecular flexibility index (Phi) is 3.88. The van der Waals surface area contributed by atoms with Crippen molar-refractivity contribution in [3.8, 4) is 0 Å². The lowest BCUT2D eigenvalue weighted by Gasteiger charge is -2.28. The zero-order valence-corrected chi connectivity index (χ0v) is 12.3. The van der Waals surface area contributed by atoms with Gasteiger partial charge in [0.25, 0.3) is 0 Å². The van der Waals surface area contributed by atoms with E-state index in [9.17, 15) is 0 Å². The van der Waals surface area contributed by atoms with Gasteiger partial charge in [-0.15, -0.1) is 11.3 Å². The Balaban J connectivity index is 2.15. The van der Waals surface area contributed by atoms with Gasteiger partial charge in [0.2, 0.25) is 0 Å². The zero-order chi connectivity index (χ0) is 12.5. The third-order valence-electron chi connectivity index (χ3n) is 3.84. The van der Waals surface area contributed by atoms with Gasteiger partial charge >= 0.3 is 0 Å². The van der Waals surface area contributed by atoms with Crippen LogP contribution in [0.3, 0.4) is 0 Å². The second kappa shape index (κ2) is 5.07. The second-order valence-electron chi connectivity index (χ2n) is 5.76. The van der Waals surface area contributed by atoms with E-state index in [1.807, 2.05) is 11.3 Å². The Labute approximate surface area is 109 Å². The molecular weight excluding hydrogens is 228 g/mol. The zero-order valence-electron chi connectivity index (χ0n) is 11.5. The quantitative estimate of drug-likeness (QED) is 0.867. The van der Waals surface area contributed by atoms with Crippen molar-refractivity contribution in [2.24, 2.45) is 5.92 Å². The number of nitrogens with one attached hydrogen (secondary N) is 1. The average Bonchev–Trinajstić information content (AvgIpc) is 2.86. The fraction of sp³-hybridized carbons (Fsp3) is 0.786. The minimum atomic E-state index is 0.0687. The van der Waals surface area contributed by atoms with Crippen molar-refractivity contribution in [2.75, 3.05) is 7.05 Å². The summed E-state index contributed by atoms with van der Waals surface area (Å²) in [6.45, 7) is 6.87. The minimum Gasteiger partial charge on any atom is -0.309 e. The first-order valence-corrected chi connectivity index (χ1v) is 7.55. The first-order chi connectivity index (χ1) is 8.05. The normalized spacial score (nSPS) is 18.4. The molecule has 1 aromatic rings. The fourth-order valence-electron chi connectivity index (χ4n) is 2.34. The summed E-state index contributed by atoms with van der Waals surface area (Å²) in [5.74, 6) is 0.759. The lowest BCUT2D eigenvalue weighted by atomic mass is 9.92. The third-order valence-corrected chi connectivity index (χ3v) is 5.26. The van der Waals surface area contributed by atoms with Crippen molar-refractivity contribution in [1.82, 2.24) is 10.3 Å². The molecule has 96 valence electrons. The van der Waals surface area contributed by atoms with E-state index in [0.717, 1.165) is 5.92 Å². The molecule has 0 fully saturated rings. The van der Waals surface area contributed by atoms with Gasteiger partial charge in [0.1, 0.15) is 5.01 Å². The lowest BCUT2D eigenvalue weighted by Crippen LogP contribution is -2.37. The molecule has 17 heavy (non-hydrogen) atoms. The molecule has 1 atom stereocenters. The molecule has 0 saturated heterocycles. The highest BCUT2D eigenvalue weighted by Crippen LogP contribution is 2.35. The van der Waals surface area contributed by atoms with Crippen LogP contribution in [0.25, 0.3) is 0 Å². The van der Waals surface area contributed by atoms with Crippen molar-refractivity contribution >= 4 is 11.3 Å². The predicted molar refractivity (Wildman–Crippen MR) is 74.6 cm³/mol. The number of fused-ring (bicyclic) bond motifs is 1. The van der Waals surface area contributed by atoms with Gasteiger partial charge in [-0.2, -0.15) is 0 Å². The van der Waals surface area contributed by atoms with Crippen LogP contribution in [0, 0.1) is 5.92 Å². The summed E-state index contributed by atoms with van der Waals surface area (Å²) >= 11 is 1.93. The van der Waals surface area contributed by atoms with E-state index in [1.54, 1.807) is 0 Å². The average molecular weight is 252 g/mol. The topological polar surface area (TPSA) is 24.9 Å². The van der Waals surface area contributed by atoms with Crippen LogP contribution in [0.5, 0.6) is 0 Å². The number of hydrogen-bond acceptors (Lipinski definition) is 3. The summed E-state index contributed by atoms with van der Waals surface area (Å²) in [7, 11) is 2.06. The largest absolute Gasteiger partial charge is 0.309 e. The van der Waals surface area contributed by atoms with Crippen LogP contribution in [-0.2, 0) is 18.4 Å². The number of nitrogens with zero attached hydrogens (tertiary/aromatic N) is 1. The molecule has 1 heterocycles. The predicted octanol–water partition coefficient (Wildman–Crippen LogP) is 3.50. The van der Waals surface area contributed by atoms with Crippen molar-refractivity contribution in [3.63, 3.8) is 0 Å². The number of rotatable bonds is 5. The van der Waals surface area contributed by atoms with Gasteiger partial charge in [-0.05, 0) is 52.0 Å². The Morgan fingerprint density at radius 2 is 2.18 bits per heavy atom. The third kappa shape index (κ3) is 2.71. The van der Waals surface area contributed by atoms with Crippen LogP contribution in [0.15, 0.2) is 0 Å². The van der Waals surface area contributed by atoms with Crippen LogP contribution >= 0.6 is 11.3 Å². The highest BCUT2D eigenvalue weighted by molar-refractivity contribution is 7.12. The second-order valence-corrected chi connectivity index (χ2v) is 6.84. The Hall–Kier alpha value is -0.410. The maximum atomic E-state index is 4.87. The molecule has 2 nitrogen and oxygen atoms in total.